The SMILES string of the molecule is Cc1ccc(C2OCC(COc3ccc(N)cc3)O2)cc1. The molecule has 0 aromatic heterocycles. The number of rotatable bonds is 4. The molecule has 2 N–H and O–H groups in total. The van der Waals surface area contributed by atoms with E-state index in [1.807, 2.05) is 36.4 Å². The summed E-state index contributed by atoms with van der Waals surface area (Å²) in [4.78, 5) is 0. The molecule has 0 aliphatic carbocycles. The molecule has 4 heteroatoms. The van der Waals surface area contributed by atoms with Gasteiger partial charge in [0.1, 0.15) is 18.5 Å². The van der Waals surface area contributed by atoms with Crippen LogP contribution in [0.2, 0.25) is 0 Å². The van der Waals surface area contributed by atoms with Crippen LogP contribution in [-0.2, 0) is 9.47 Å². The fourth-order valence-corrected chi connectivity index (χ4v) is 2.19. The van der Waals surface area contributed by atoms with Gasteiger partial charge in [-0.15, -0.1) is 0 Å². The Kier molecular flexibility index (Phi) is 4.08. The summed E-state index contributed by atoms with van der Waals surface area (Å²) < 4.78 is 17.2. The maximum absolute atomic E-state index is 5.86. The largest absolute Gasteiger partial charge is 0.491 e. The highest BCUT2D eigenvalue weighted by Gasteiger charge is 2.27. The summed E-state index contributed by atoms with van der Waals surface area (Å²) in [6, 6.07) is 15.5. The summed E-state index contributed by atoms with van der Waals surface area (Å²) in [7, 11) is 0. The molecular formula is C17H19NO3. The van der Waals surface area contributed by atoms with Gasteiger partial charge in [-0.1, -0.05) is 29.8 Å². The maximum atomic E-state index is 5.86. The van der Waals surface area contributed by atoms with Crippen molar-refractivity contribution < 1.29 is 14.2 Å². The second kappa shape index (κ2) is 6.16. The van der Waals surface area contributed by atoms with E-state index in [2.05, 4.69) is 19.1 Å². The van der Waals surface area contributed by atoms with Crippen molar-refractivity contribution in [3.8, 4) is 5.75 Å². The van der Waals surface area contributed by atoms with Gasteiger partial charge in [-0.3, -0.25) is 0 Å². The summed E-state index contributed by atoms with van der Waals surface area (Å²) in [6.07, 6.45) is -0.362. The molecule has 1 aliphatic rings. The summed E-state index contributed by atoms with van der Waals surface area (Å²) in [5.41, 5.74) is 8.62. The number of nitrogen functional groups attached to an aromatic ring is 1. The Bertz CT molecular complexity index is 580. The molecule has 110 valence electrons. The Balaban J connectivity index is 1.52. The van der Waals surface area contributed by atoms with Crippen LogP contribution in [0.15, 0.2) is 48.5 Å². The minimum atomic E-state index is -0.300. The van der Waals surface area contributed by atoms with Gasteiger partial charge in [0.25, 0.3) is 0 Å². The molecule has 0 amide bonds. The second-order valence-corrected chi connectivity index (χ2v) is 5.21. The van der Waals surface area contributed by atoms with Crippen LogP contribution in [0.25, 0.3) is 0 Å². The van der Waals surface area contributed by atoms with Crippen LogP contribution < -0.4 is 10.5 Å². The van der Waals surface area contributed by atoms with Crippen LogP contribution >= 0.6 is 0 Å². The highest BCUT2D eigenvalue weighted by Crippen LogP contribution is 2.27. The molecular weight excluding hydrogens is 266 g/mol. The zero-order valence-corrected chi connectivity index (χ0v) is 12.0. The Morgan fingerprint density at radius 2 is 1.81 bits per heavy atom. The average Bonchev–Trinajstić information content (AvgIpc) is 2.96. The van der Waals surface area contributed by atoms with Gasteiger partial charge < -0.3 is 19.9 Å². The highest BCUT2D eigenvalue weighted by atomic mass is 16.7. The topological polar surface area (TPSA) is 53.7 Å². The van der Waals surface area contributed by atoms with Crippen LogP contribution in [0.4, 0.5) is 5.69 Å². The smallest absolute Gasteiger partial charge is 0.184 e. The van der Waals surface area contributed by atoms with Gasteiger partial charge in [0, 0.05) is 11.3 Å². The Morgan fingerprint density at radius 1 is 1.10 bits per heavy atom. The Hall–Kier alpha value is -2.04. The van der Waals surface area contributed by atoms with Crippen molar-refractivity contribution in [2.45, 2.75) is 19.3 Å². The van der Waals surface area contributed by atoms with Crippen LogP contribution in [-0.4, -0.2) is 19.3 Å². The van der Waals surface area contributed by atoms with E-state index in [1.165, 1.54) is 5.56 Å². The molecule has 3 rings (SSSR count). The predicted octanol–water partition coefficient (Wildman–Crippen LogP) is 3.07. The number of ether oxygens (including phenoxy) is 3. The summed E-state index contributed by atoms with van der Waals surface area (Å²) in [5.74, 6) is 0.784. The number of nitrogens with two attached hydrogens (primary N) is 1. The molecule has 1 heterocycles. The molecule has 2 unspecified atom stereocenters. The quantitative estimate of drug-likeness (QED) is 0.877. The van der Waals surface area contributed by atoms with Gasteiger partial charge in [-0.25, -0.2) is 0 Å². The monoisotopic (exact) mass is 285 g/mol. The minimum absolute atomic E-state index is 0.0612. The zero-order valence-electron chi connectivity index (χ0n) is 12.0. The second-order valence-electron chi connectivity index (χ2n) is 5.21. The third-order valence-electron chi connectivity index (χ3n) is 3.42. The number of hydrogen-bond acceptors (Lipinski definition) is 4. The lowest BCUT2D eigenvalue weighted by Gasteiger charge is -2.13. The van der Waals surface area contributed by atoms with E-state index in [1.54, 1.807) is 0 Å². The summed E-state index contributed by atoms with van der Waals surface area (Å²) in [5, 5.41) is 0. The van der Waals surface area contributed by atoms with Gasteiger partial charge in [0.05, 0.1) is 6.61 Å². The van der Waals surface area contributed by atoms with Crippen molar-refractivity contribution >= 4 is 5.69 Å². The van der Waals surface area contributed by atoms with Gasteiger partial charge in [0.2, 0.25) is 0 Å². The molecule has 2 aromatic carbocycles. The van der Waals surface area contributed by atoms with Crippen molar-refractivity contribution in [2.75, 3.05) is 18.9 Å². The predicted molar refractivity (Wildman–Crippen MR) is 81.1 cm³/mol. The minimum Gasteiger partial charge on any atom is -0.491 e. The van der Waals surface area contributed by atoms with Gasteiger partial charge in [-0.05, 0) is 31.2 Å². The molecule has 2 aromatic rings. The van der Waals surface area contributed by atoms with E-state index in [-0.39, 0.29) is 12.4 Å². The Morgan fingerprint density at radius 3 is 2.52 bits per heavy atom. The van der Waals surface area contributed by atoms with Crippen molar-refractivity contribution in [1.29, 1.82) is 0 Å². The normalized spacial score (nSPS) is 21.4. The van der Waals surface area contributed by atoms with Crippen molar-refractivity contribution in [2.24, 2.45) is 0 Å². The van der Waals surface area contributed by atoms with E-state index < -0.39 is 0 Å². The third kappa shape index (κ3) is 3.54. The number of hydrogen-bond donors (Lipinski definition) is 1. The first-order chi connectivity index (χ1) is 10.2. The molecule has 0 saturated carbocycles. The molecule has 21 heavy (non-hydrogen) atoms. The molecule has 1 aliphatic heterocycles. The first kappa shape index (κ1) is 13.9. The number of benzene rings is 2. The molecule has 0 radical (unpaired) electrons. The molecule has 2 atom stereocenters. The van der Waals surface area contributed by atoms with E-state index in [4.69, 9.17) is 19.9 Å². The van der Waals surface area contributed by atoms with Crippen LogP contribution in [0.1, 0.15) is 17.4 Å². The average molecular weight is 285 g/mol. The fraction of sp³-hybridized carbons (Fsp3) is 0.294. The van der Waals surface area contributed by atoms with Gasteiger partial charge in [0.15, 0.2) is 6.29 Å². The summed E-state index contributed by atoms with van der Waals surface area (Å²) in [6.45, 7) is 3.06. The highest BCUT2D eigenvalue weighted by molar-refractivity contribution is 5.41. The first-order valence-corrected chi connectivity index (χ1v) is 7.03. The van der Waals surface area contributed by atoms with Gasteiger partial charge >= 0.3 is 0 Å². The standard InChI is InChI=1S/C17H19NO3/c1-12-2-4-13(5-3-12)17-20-11-16(21-17)10-19-15-8-6-14(18)7-9-15/h2-9,16-17H,10-11,18H2,1H3. The number of anilines is 1. The lowest BCUT2D eigenvalue weighted by molar-refractivity contribution is -0.0659. The number of aryl methyl sites for hydroxylation is 1. The molecule has 4 nitrogen and oxygen atoms in total. The van der Waals surface area contributed by atoms with E-state index >= 15 is 0 Å². The molecule has 0 spiro atoms. The van der Waals surface area contributed by atoms with E-state index in [9.17, 15) is 0 Å². The molecule has 1 saturated heterocycles. The third-order valence-corrected chi connectivity index (χ3v) is 3.42. The van der Waals surface area contributed by atoms with Crippen molar-refractivity contribution in [1.82, 2.24) is 0 Å². The van der Waals surface area contributed by atoms with Crippen LogP contribution in [0.5, 0.6) is 5.75 Å². The van der Waals surface area contributed by atoms with Crippen LogP contribution in [0, 0.1) is 6.92 Å². The zero-order chi connectivity index (χ0) is 14.7. The van der Waals surface area contributed by atoms with Crippen LogP contribution in [0.3, 0.4) is 0 Å². The van der Waals surface area contributed by atoms with E-state index in [0.29, 0.717) is 13.2 Å². The van der Waals surface area contributed by atoms with E-state index in [0.717, 1.165) is 17.0 Å². The molecule has 1 fully saturated rings. The van der Waals surface area contributed by atoms with Crippen molar-refractivity contribution in [3.63, 3.8) is 0 Å². The van der Waals surface area contributed by atoms with Gasteiger partial charge in [-0.2, -0.15) is 0 Å². The Labute approximate surface area is 124 Å². The first-order valence-electron chi connectivity index (χ1n) is 7.03. The lowest BCUT2D eigenvalue weighted by Crippen LogP contribution is -2.19. The maximum Gasteiger partial charge on any atom is 0.184 e. The van der Waals surface area contributed by atoms with Crippen molar-refractivity contribution in [3.05, 3.63) is 59.7 Å². The molecule has 0 bridgehead atoms. The summed E-state index contributed by atoms with van der Waals surface area (Å²) >= 11 is 0. The fourth-order valence-electron chi connectivity index (χ4n) is 2.19. The lowest BCUT2D eigenvalue weighted by atomic mass is 10.1.